The molecule has 2 aromatic carbocycles. The molecule has 4 rings (SSSR count). The van der Waals surface area contributed by atoms with Crippen molar-refractivity contribution in [3.05, 3.63) is 78.1 Å². The number of H-pyrrole nitrogens is 1. The number of rotatable bonds is 8. The molecule has 1 N–H and O–H groups in total. The Morgan fingerprint density at radius 2 is 1.80 bits per heavy atom. The van der Waals surface area contributed by atoms with E-state index < -0.39 is 0 Å². The lowest BCUT2D eigenvalue weighted by molar-refractivity contribution is 0.0794. The van der Waals surface area contributed by atoms with E-state index in [1.165, 1.54) is 0 Å². The maximum absolute atomic E-state index is 12.9. The second-order valence-corrected chi connectivity index (χ2v) is 7.85. The van der Waals surface area contributed by atoms with Gasteiger partial charge in [-0.15, -0.1) is 0 Å². The summed E-state index contributed by atoms with van der Waals surface area (Å²) in [5.41, 5.74) is 5.15. The number of hydrogen-bond acceptors (Lipinski definition) is 2. The quantitative estimate of drug-likeness (QED) is 0.421. The van der Waals surface area contributed by atoms with Crippen LogP contribution in [0.5, 0.6) is 0 Å². The third kappa shape index (κ3) is 4.30. The van der Waals surface area contributed by atoms with E-state index in [1.54, 1.807) is 0 Å². The van der Waals surface area contributed by atoms with Crippen molar-refractivity contribution < 1.29 is 4.79 Å². The molecule has 0 unspecified atom stereocenters. The van der Waals surface area contributed by atoms with E-state index >= 15 is 0 Å². The number of carbonyl (C=O) groups excluding carboxylic acids is 1. The van der Waals surface area contributed by atoms with Gasteiger partial charge in [-0.2, -0.15) is 5.10 Å². The Balaban J connectivity index is 1.25. The lowest BCUT2D eigenvalue weighted by Crippen LogP contribution is -2.27. The van der Waals surface area contributed by atoms with Gasteiger partial charge in [0.25, 0.3) is 5.91 Å². The predicted octanol–water partition coefficient (Wildman–Crippen LogP) is 5.05. The zero-order chi connectivity index (χ0) is 20.9. The van der Waals surface area contributed by atoms with Crippen molar-refractivity contribution in [1.82, 2.24) is 19.7 Å². The number of aromatic amines is 1. The molecule has 0 atom stereocenters. The first-order valence-corrected chi connectivity index (χ1v) is 10.5. The van der Waals surface area contributed by atoms with E-state index in [9.17, 15) is 4.79 Å². The molecular weight excluding hydrogens is 372 g/mol. The van der Waals surface area contributed by atoms with Crippen LogP contribution in [0.3, 0.4) is 0 Å². The Bertz CT molecular complexity index is 1130. The molecule has 0 saturated carbocycles. The molecule has 5 nitrogen and oxygen atoms in total. The topological polar surface area (TPSA) is 53.9 Å². The van der Waals surface area contributed by atoms with Crippen LogP contribution in [0, 0.1) is 0 Å². The number of para-hydroxylation sites is 1. The summed E-state index contributed by atoms with van der Waals surface area (Å²) in [6.07, 6.45) is 6.05. The minimum atomic E-state index is 0.0906. The minimum absolute atomic E-state index is 0.0906. The van der Waals surface area contributed by atoms with Gasteiger partial charge in [0, 0.05) is 49.0 Å². The molecule has 0 spiro atoms. The summed E-state index contributed by atoms with van der Waals surface area (Å²) < 4.78 is 2.02. The van der Waals surface area contributed by atoms with Crippen LogP contribution in [0.1, 0.15) is 35.3 Å². The number of hydrogen-bond donors (Lipinski definition) is 1. The van der Waals surface area contributed by atoms with E-state index in [-0.39, 0.29) is 5.91 Å². The molecule has 2 heterocycles. The van der Waals surface area contributed by atoms with Crippen molar-refractivity contribution >= 4 is 16.8 Å². The maximum atomic E-state index is 12.9. The first-order chi connectivity index (χ1) is 14.6. The number of nitrogens with zero attached hydrogens (tertiary/aromatic N) is 3. The molecule has 30 heavy (non-hydrogen) atoms. The Kier molecular flexibility index (Phi) is 5.98. The molecule has 2 aromatic heterocycles. The zero-order valence-corrected chi connectivity index (χ0v) is 17.6. The molecule has 154 valence electrons. The van der Waals surface area contributed by atoms with Crippen LogP contribution < -0.4 is 0 Å². The highest BCUT2D eigenvalue weighted by molar-refractivity contribution is 6.06. The van der Waals surface area contributed by atoms with Gasteiger partial charge in [0.05, 0.1) is 11.3 Å². The highest BCUT2D eigenvalue weighted by Gasteiger charge is 2.17. The summed E-state index contributed by atoms with van der Waals surface area (Å²) in [7, 11) is 3.88. The Morgan fingerprint density at radius 3 is 2.63 bits per heavy atom. The standard InChI is InChI=1S/C25H28N4O/c1-28(25(30)22-18-29(2)24-15-9-8-14-21(22)24)16-10-4-7-13-20-17-23(27-26-20)19-11-5-3-6-12-19/h3,5-6,8-9,11-12,14-15,17-18H,4,7,10,13,16H2,1-2H3,(H,26,27). The fourth-order valence-corrected chi connectivity index (χ4v) is 3.91. The van der Waals surface area contributed by atoms with Crippen molar-refractivity contribution in [2.45, 2.75) is 25.7 Å². The zero-order valence-electron chi connectivity index (χ0n) is 17.6. The summed E-state index contributed by atoms with van der Waals surface area (Å²) in [6.45, 7) is 0.764. The van der Waals surface area contributed by atoms with Gasteiger partial charge in [0.15, 0.2) is 0 Å². The highest BCUT2D eigenvalue weighted by Crippen LogP contribution is 2.22. The molecular formula is C25H28N4O. The van der Waals surface area contributed by atoms with Gasteiger partial charge in [-0.1, -0.05) is 55.0 Å². The van der Waals surface area contributed by atoms with Gasteiger partial charge >= 0.3 is 0 Å². The van der Waals surface area contributed by atoms with Crippen molar-refractivity contribution in [2.24, 2.45) is 7.05 Å². The smallest absolute Gasteiger partial charge is 0.255 e. The van der Waals surface area contributed by atoms with Crippen molar-refractivity contribution in [1.29, 1.82) is 0 Å². The van der Waals surface area contributed by atoms with Crippen molar-refractivity contribution in [3.8, 4) is 11.3 Å². The molecule has 0 radical (unpaired) electrons. The van der Waals surface area contributed by atoms with Gasteiger partial charge < -0.3 is 9.47 Å². The highest BCUT2D eigenvalue weighted by atomic mass is 16.2. The fraction of sp³-hybridized carbons (Fsp3) is 0.280. The van der Waals surface area contributed by atoms with Crippen LogP contribution in [0.25, 0.3) is 22.2 Å². The largest absolute Gasteiger partial charge is 0.350 e. The van der Waals surface area contributed by atoms with Gasteiger partial charge in [0.1, 0.15) is 0 Å². The van der Waals surface area contributed by atoms with Crippen molar-refractivity contribution in [2.75, 3.05) is 13.6 Å². The monoisotopic (exact) mass is 400 g/mol. The third-order valence-corrected chi connectivity index (χ3v) is 5.61. The molecule has 0 aliphatic heterocycles. The lowest BCUT2D eigenvalue weighted by atomic mass is 10.1. The van der Waals surface area contributed by atoms with E-state index in [2.05, 4.69) is 28.4 Å². The summed E-state index contributed by atoms with van der Waals surface area (Å²) in [4.78, 5) is 14.7. The number of fused-ring (bicyclic) bond motifs is 1. The van der Waals surface area contributed by atoms with E-state index in [1.807, 2.05) is 72.2 Å². The summed E-state index contributed by atoms with van der Waals surface area (Å²) in [5, 5.41) is 8.58. The number of carbonyl (C=O) groups is 1. The Labute approximate surface area is 177 Å². The average Bonchev–Trinajstić information content (AvgIpc) is 3.38. The summed E-state index contributed by atoms with van der Waals surface area (Å²) in [5.74, 6) is 0.0906. The number of unbranched alkanes of at least 4 members (excludes halogenated alkanes) is 2. The molecule has 1 amide bonds. The minimum Gasteiger partial charge on any atom is -0.350 e. The predicted molar refractivity (Wildman–Crippen MR) is 121 cm³/mol. The average molecular weight is 401 g/mol. The third-order valence-electron chi connectivity index (χ3n) is 5.61. The molecule has 0 saturated heterocycles. The number of aryl methyl sites for hydroxylation is 2. The molecule has 0 bridgehead atoms. The number of amides is 1. The Hall–Kier alpha value is -3.34. The number of aromatic nitrogens is 3. The van der Waals surface area contributed by atoms with Crippen molar-refractivity contribution in [3.63, 3.8) is 0 Å². The lowest BCUT2D eigenvalue weighted by Gasteiger charge is -2.16. The molecule has 0 aliphatic rings. The number of benzene rings is 2. The normalized spacial score (nSPS) is 11.1. The van der Waals surface area contributed by atoms with E-state index in [0.717, 1.165) is 65.6 Å². The van der Waals surface area contributed by atoms with Gasteiger partial charge in [-0.25, -0.2) is 0 Å². The van der Waals surface area contributed by atoms with Crippen LogP contribution >= 0.6 is 0 Å². The second-order valence-electron chi connectivity index (χ2n) is 7.85. The van der Waals surface area contributed by atoms with Crippen LogP contribution in [-0.2, 0) is 13.5 Å². The molecule has 5 heteroatoms. The van der Waals surface area contributed by atoms with Gasteiger partial charge in [0.2, 0.25) is 0 Å². The Morgan fingerprint density at radius 1 is 1.03 bits per heavy atom. The first-order valence-electron chi connectivity index (χ1n) is 10.5. The summed E-state index contributed by atoms with van der Waals surface area (Å²) >= 11 is 0. The SMILES string of the molecule is CN(CCCCCc1cc(-c2ccccc2)n[nH]1)C(=O)c1cn(C)c2ccccc12. The fourth-order valence-electron chi connectivity index (χ4n) is 3.91. The molecule has 0 aliphatic carbocycles. The first kappa shape index (κ1) is 20.0. The van der Waals surface area contributed by atoms with Crippen LogP contribution in [-0.4, -0.2) is 39.2 Å². The second kappa shape index (κ2) is 8.99. The van der Waals surface area contributed by atoms with Gasteiger partial charge in [-0.05, 0) is 31.4 Å². The van der Waals surface area contributed by atoms with Crippen LogP contribution in [0.4, 0.5) is 0 Å². The molecule has 0 fully saturated rings. The van der Waals surface area contributed by atoms with E-state index in [4.69, 9.17) is 0 Å². The van der Waals surface area contributed by atoms with E-state index in [0.29, 0.717) is 0 Å². The van der Waals surface area contributed by atoms with Gasteiger partial charge in [-0.3, -0.25) is 9.89 Å². The summed E-state index contributed by atoms with van der Waals surface area (Å²) in [6, 6.07) is 20.4. The maximum Gasteiger partial charge on any atom is 0.255 e. The number of nitrogens with one attached hydrogen (secondary N) is 1. The van der Waals surface area contributed by atoms with Crippen LogP contribution in [0.15, 0.2) is 66.9 Å². The molecule has 4 aromatic rings. The van der Waals surface area contributed by atoms with Crippen LogP contribution in [0.2, 0.25) is 0 Å².